The number of aryl methyl sites for hydroxylation is 1. The zero-order chi connectivity index (χ0) is 20.5. The van der Waals surface area contributed by atoms with Crippen LogP contribution in [0, 0.1) is 5.82 Å². The van der Waals surface area contributed by atoms with E-state index in [9.17, 15) is 4.39 Å². The van der Waals surface area contributed by atoms with Crippen molar-refractivity contribution in [3.8, 4) is 11.5 Å². The van der Waals surface area contributed by atoms with Crippen molar-refractivity contribution >= 4 is 11.8 Å². The molecule has 0 aliphatic heterocycles. The summed E-state index contributed by atoms with van der Waals surface area (Å²) in [5.41, 5.74) is 2.01. The second kappa shape index (κ2) is 10.8. The van der Waals surface area contributed by atoms with Crippen molar-refractivity contribution < 1.29 is 13.9 Å². The third-order valence-electron chi connectivity index (χ3n) is 4.18. The summed E-state index contributed by atoms with van der Waals surface area (Å²) < 4.78 is 25.9. The van der Waals surface area contributed by atoms with E-state index in [0.29, 0.717) is 18.1 Å². The van der Waals surface area contributed by atoms with Crippen LogP contribution in [0.2, 0.25) is 0 Å². The highest BCUT2D eigenvalue weighted by Gasteiger charge is 2.07. The Kier molecular flexibility index (Phi) is 7.83. The monoisotopic (exact) mass is 417 g/mol. The second-order valence-electron chi connectivity index (χ2n) is 6.36. The maximum absolute atomic E-state index is 13.0. The number of rotatable bonds is 11. The molecule has 0 amide bonds. The van der Waals surface area contributed by atoms with Crippen LogP contribution < -0.4 is 14.8 Å². The average molecular weight is 418 g/mol. The summed E-state index contributed by atoms with van der Waals surface area (Å²) in [4.78, 5) is 0. The van der Waals surface area contributed by atoms with Gasteiger partial charge in [0.1, 0.15) is 12.4 Å². The van der Waals surface area contributed by atoms with Gasteiger partial charge in [-0.3, -0.25) is 0 Å². The van der Waals surface area contributed by atoms with Crippen molar-refractivity contribution in [2.24, 2.45) is 7.05 Å². The van der Waals surface area contributed by atoms with Crippen molar-refractivity contribution in [1.29, 1.82) is 0 Å². The van der Waals surface area contributed by atoms with Gasteiger partial charge in [0.25, 0.3) is 0 Å². The van der Waals surface area contributed by atoms with E-state index in [4.69, 9.17) is 9.47 Å². The molecule has 0 saturated carbocycles. The number of hydrogen-bond donors (Lipinski definition) is 1. The van der Waals surface area contributed by atoms with Crippen LogP contribution in [0.25, 0.3) is 0 Å². The lowest BCUT2D eigenvalue weighted by Gasteiger charge is -2.13. The molecule has 0 saturated heterocycles. The number of tetrazole rings is 1. The van der Waals surface area contributed by atoms with Crippen LogP contribution in [0.4, 0.5) is 4.39 Å². The second-order valence-corrected chi connectivity index (χ2v) is 7.43. The van der Waals surface area contributed by atoms with Crippen molar-refractivity contribution in [3.05, 3.63) is 59.4 Å². The Morgan fingerprint density at radius 2 is 1.90 bits per heavy atom. The summed E-state index contributed by atoms with van der Waals surface area (Å²) in [6, 6.07) is 12.1. The standard InChI is InChI=1S/C20H24FN5O2S/c1-26-20(23-24-25-26)29-11-3-10-22-13-16-6-9-18(19(12-16)27-2)28-14-15-4-7-17(21)8-5-15/h4-9,12,22H,3,10-11,13-14H2,1-2H3. The summed E-state index contributed by atoms with van der Waals surface area (Å²) in [6.07, 6.45) is 1.01. The largest absolute Gasteiger partial charge is 0.493 e. The summed E-state index contributed by atoms with van der Waals surface area (Å²) in [5.74, 6) is 2.03. The molecular weight excluding hydrogens is 393 g/mol. The highest BCUT2D eigenvalue weighted by Crippen LogP contribution is 2.29. The van der Waals surface area contributed by atoms with Crippen LogP contribution in [0.15, 0.2) is 47.6 Å². The van der Waals surface area contributed by atoms with E-state index in [1.54, 1.807) is 35.7 Å². The van der Waals surface area contributed by atoms with Crippen LogP contribution in [-0.4, -0.2) is 39.6 Å². The minimum Gasteiger partial charge on any atom is -0.493 e. The lowest BCUT2D eigenvalue weighted by molar-refractivity contribution is 0.284. The topological polar surface area (TPSA) is 74.1 Å². The smallest absolute Gasteiger partial charge is 0.209 e. The van der Waals surface area contributed by atoms with Gasteiger partial charge in [0.05, 0.1) is 7.11 Å². The van der Waals surface area contributed by atoms with Gasteiger partial charge in [-0.25, -0.2) is 9.07 Å². The Balaban J connectivity index is 1.42. The zero-order valence-electron chi connectivity index (χ0n) is 16.5. The molecule has 154 valence electrons. The average Bonchev–Trinajstić information content (AvgIpc) is 3.15. The number of benzene rings is 2. The molecule has 2 aromatic carbocycles. The molecule has 0 fully saturated rings. The Morgan fingerprint density at radius 1 is 1.10 bits per heavy atom. The van der Waals surface area contributed by atoms with Crippen molar-refractivity contribution in [2.45, 2.75) is 24.7 Å². The van der Waals surface area contributed by atoms with E-state index < -0.39 is 0 Å². The lowest BCUT2D eigenvalue weighted by atomic mass is 10.2. The first-order chi connectivity index (χ1) is 14.2. The minimum atomic E-state index is -0.257. The summed E-state index contributed by atoms with van der Waals surface area (Å²) in [5, 5.41) is 15.6. The maximum atomic E-state index is 13.0. The van der Waals surface area contributed by atoms with Gasteiger partial charge in [-0.15, -0.1) is 5.10 Å². The Bertz CT molecular complexity index is 904. The van der Waals surface area contributed by atoms with Gasteiger partial charge >= 0.3 is 0 Å². The normalized spacial score (nSPS) is 10.9. The molecule has 1 aromatic heterocycles. The Labute approximate surface area is 173 Å². The van der Waals surface area contributed by atoms with E-state index in [2.05, 4.69) is 20.8 Å². The number of nitrogens with zero attached hydrogens (tertiary/aromatic N) is 4. The molecule has 0 atom stereocenters. The molecule has 1 N–H and O–H groups in total. The molecule has 0 aliphatic carbocycles. The number of halogens is 1. The number of thioether (sulfide) groups is 1. The first-order valence-electron chi connectivity index (χ1n) is 9.25. The molecule has 1 heterocycles. The number of ether oxygens (including phenoxy) is 2. The van der Waals surface area contributed by atoms with Crippen molar-refractivity contribution in [3.63, 3.8) is 0 Å². The fourth-order valence-corrected chi connectivity index (χ4v) is 3.41. The van der Waals surface area contributed by atoms with E-state index in [1.165, 1.54) is 12.1 Å². The van der Waals surface area contributed by atoms with Crippen molar-refractivity contribution in [1.82, 2.24) is 25.5 Å². The molecule has 7 nitrogen and oxygen atoms in total. The first kappa shape index (κ1) is 21.1. The van der Waals surface area contributed by atoms with Crippen LogP contribution in [0.1, 0.15) is 17.5 Å². The lowest BCUT2D eigenvalue weighted by Crippen LogP contribution is -2.15. The number of nitrogens with one attached hydrogen (secondary N) is 1. The first-order valence-corrected chi connectivity index (χ1v) is 10.2. The summed E-state index contributed by atoms with van der Waals surface area (Å²) in [7, 11) is 3.46. The highest BCUT2D eigenvalue weighted by atomic mass is 32.2. The van der Waals surface area contributed by atoms with Crippen molar-refractivity contribution in [2.75, 3.05) is 19.4 Å². The van der Waals surface area contributed by atoms with Gasteiger partial charge in [0, 0.05) is 19.3 Å². The maximum Gasteiger partial charge on any atom is 0.209 e. The molecular formula is C20H24FN5O2S. The molecule has 0 aliphatic rings. The van der Waals surface area contributed by atoms with Gasteiger partial charge in [-0.1, -0.05) is 30.0 Å². The third kappa shape index (κ3) is 6.43. The number of aromatic nitrogens is 4. The van der Waals surface area contributed by atoms with Crippen LogP contribution in [0.3, 0.4) is 0 Å². The van der Waals surface area contributed by atoms with Gasteiger partial charge in [0.15, 0.2) is 11.5 Å². The van der Waals surface area contributed by atoms with E-state index in [1.807, 2.05) is 25.2 Å². The Morgan fingerprint density at radius 3 is 2.62 bits per heavy atom. The summed E-state index contributed by atoms with van der Waals surface area (Å²) >= 11 is 1.64. The van der Waals surface area contributed by atoms with Gasteiger partial charge in [-0.2, -0.15) is 0 Å². The predicted molar refractivity (Wildman–Crippen MR) is 110 cm³/mol. The third-order valence-corrected chi connectivity index (χ3v) is 5.27. The van der Waals surface area contributed by atoms with Gasteiger partial charge in [0.2, 0.25) is 5.16 Å². The molecule has 0 spiro atoms. The molecule has 9 heteroatoms. The summed E-state index contributed by atoms with van der Waals surface area (Å²) in [6.45, 7) is 1.99. The zero-order valence-corrected chi connectivity index (χ0v) is 17.3. The van der Waals surface area contributed by atoms with E-state index >= 15 is 0 Å². The van der Waals surface area contributed by atoms with Crippen LogP contribution in [-0.2, 0) is 20.2 Å². The number of hydrogen-bond acceptors (Lipinski definition) is 7. The van der Waals surface area contributed by atoms with Gasteiger partial charge in [-0.05, 0) is 58.8 Å². The minimum absolute atomic E-state index is 0.257. The number of methoxy groups -OCH3 is 1. The molecule has 0 unspecified atom stereocenters. The molecule has 3 aromatic rings. The Hall–Kier alpha value is -2.65. The predicted octanol–water partition coefficient (Wildman–Crippen LogP) is 3.21. The molecule has 3 rings (SSSR count). The fraction of sp³-hybridized carbons (Fsp3) is 0.350. The van der Waals surface area contributed by atoms with E-state index in [0.717, 1.165) is 41.5 Å². The van der Waals surface area contributed by atoms with Crippen LogP contribution in [0.5, 0.6) is 11.5 Å². The molecule has 0 bridgehead atoms. The van der Waals surface area contributed by atoms with Gasteiger partial charge < -0.3 is 14.8 Å². The SMILES string of the molecule is COc1cc(CNCCCSc2nnnn2C)ccc1OCc1ccc(F)cc1. The molecule has 0 radical (unpaired) electrons. The molecule has 29 heavy (non-hydrogen) atoms. The van der Waals surface area contributed by atoms with E-state index in [-0.39, 0.29) is 5.82 Å². The highest BCUT2D eigenvalue weighted by molar-refractivity contribution is 7.99. The fourth-order valence-electron chi connectivity index (χ4n) is 2.62. The van der Waals surface area contributed by atoms with Crippen LogP contribution >= 0.6 is 11.8 Å². The quantitative estimate of drug-likeness (QED) is 0.379.